The Bertz CT molecular complexity index is 222. The molecule has 0 aliphatic heterocycles. The van der Waals surface area contributed by atoms with E-state index >= 15 is 0 Å². The first-order chi connectivity index (χ1) is 5.76. The fourth-order valence-corrected chi connectivity index (χ4v) is 0.606. The minimum absolute atomic E-state index is 0.223. The van der Waals surface area contributed by atoms with E-state index in [9.17, 15) is 0 Å². The molecular weight excluding hydrogens is 150 g/mol. The number of nitrogens with zero attached hydrogens (tertiary/aromatic N) is 1. The van der Waals surface area contributed by atoms with Gasteiger partial charge in [-0.1, -0.05) is 18.6 Å². The molecule has 0 saturated carbocycles. The smallest absolute Gasteiger partial charge is 0.191 e. The van der Waals surface area contributed by atoms with E-state index in [2.05, 4.69) is 19.1 Å². The zero-order valence-electron chi connectivity index (χ0n) is 7.29. The highest BCUT2D eigenvalue weighted by molar-refractivity contribution is 4.99. The van der Waals surface area contributed by atoms with Crippen LogP contribution in [0, 0.1) is 12.3 Å². The Hall–Kier alpha value is -1.62. The van der Waals surface area contributed by atoms with Gasteiger partial charge in [-0.3, -0.25) is 4.90 Å². The lowest BCUT2D eigenvalue weighted by molar-refractivity contribution is 0.191. The van der Waals surface area contributed by atoms with Crippen LogP contribution in [0.4, 0.5) is 0 Å². The number of terminal acetylenes is 1. The molecule has 0 aliphatic rings. The Labute approximate surface area is 73.8 Å². The first kappa shape index (κ1) is 10.4. The van der Waals surface area contributed by atoms with Gasteiger partial charge in [0.25, 0.3) is 0 Å². The molecule has 12 heavy (non-hydrogen) atoms. The number of ether oxygens (including phenoxy) is 1. The second kappa shape index (κ2) is 6.11. The average Bonchev–Trinajstić information content (AvgIpc) is 2.10. The van der Waals surface area contributed by atoms with Crippen LogP contribution in [-0.4, -0.2) is 11.5 Å². The maximum Gasteiger partial charge on any atom is 0.191 e. The standard InChI is InChI=1S/C10H13NO/c1-5-8-11(7-3)10(4)12-9-6-2/h2,5,7-8H,3-4,9H2,1H3/b8-5-. The van der Waals surface area contributed by atoms with E-state index in [1.807, 2.05) is 13.0 Å². The van der Waals surface area contributed by atoms with Crippen LogP contribution >= 0.6 is 0 Å². The molecular formula is C10H13NO. The molecule has 0 fully saturated rings. The number of allylic oxidation sites excluding steroid dienone is 1. The van der Waals surface area contributed by atoms with Gasteiger partial charge < -0.3 is 4.74 Å². The van der Waals surface area contributed by atoms with Crippen LogP contribution in [-0.2, 0) is 4.74 Å². The molecule has 0 saturated heterocycles. The van der Waals surface area contributed by atoms with E-state index in [0.29, 0.717) is 5.88 Å². The molecule has 2 heteroatoms. The Balaban J connectivity index is 4.05. The lowest BCUT2D eigenvalue weighted by Gasteiger charge is -2.16. The molecule has 0 atom stereocenters. The van der Waals surface area contributed by atoms with Crippen LogP contribution in [0.1, 0.15) is 6.92 Å². The molecule has 0 unspecified atom stereocenters. The van der Waals surface area contributed by atoms with Crippen LogP contribution in [0.15, 0.2) is 37.5 Å². The third-order valence-electron chi connectivity index (χ3n) is 1.12. The predicted octanol–water partition coefficient (Wildman–Crippen LogP) is 2.09. The Morgan fingerprint density at radius 1 is 1.75 bits per heavy atom. The van der Waals surface area contributed by atoms with Crippen molar-refractivity contribution in [3.63, 3.8) is 0 Å². The first-order valence-electron chi connectivity index (χ1n) is 3.55. The zero-order valence-corrected chi connectivity index (χ0v) is 7.29. The highest BCUT2D eigenvalue weighted by atomic mass is 16.5. The second-order valence-electron chi connectivity index (χ2n) is 1.96. The molecule has 0 aromatic heterocycles. The van der Waals surface area contributed by atoms with Gasteiger partial charge in [0.05, 0.1) is 0 Å². The number of hydrogen-bond acceptors (Lipinski definition) is 2. The summed E-state index contributed by atoms with van der Waals surface area (Å²) in [5.41, 5.74) is 0. The third-order valence-corrected chi connectivity index (χ3v) is 1.12. The molecule has 64 valence electrons. The van der Waals surface area contributed by atoms with Crippen molar-refractivity contribution in [1.82, 2.24) is 4.90 Å². The Morgan fingerprint density at radius 3 is 2.83 bits per heavy atom. The maximum atomic E-state index is 5.07. The second-order valence-corrected chi connectivity index (χ2v) is 1.96. The summed E-state index contributed by atoms with van der Waals surface area (Å²) in [6.45, 7) is 9.38. The fraction of sp³-hybridized carbons (Fsp3) is 0.200. The Kier molecular flexibility index (Phi) is 5.29. The van der Waals surface area contributed by atoms with Crippen molar-refractivity contribution in [3.05, 3.63) is 37.5 Å². The quantitative estimate of drug-likeness (QED) is 0.454. The maximum absolute atomic E-state index is 5.07. The highest BCUT2D eigenvalue weighted by Crippen LogP contribution is 2.03. The summed E-state index contributed by atoms with van der Waals surface area (Å²) in [7, 11) is 0. The lowest BCUT2D eigenvalue weighted by atomic mass is 10.6. The minimum atomic E-state index is 0.223. The molecule has 0 aliphatic carbocycles. The molecule has 0 rings (SSSR count). The van der Waals surface area contributed by atoms with Crippen molar-refractivity contribution in [1.29, 1.82) is 0 Å². The van der Waals surface area contributed by atoms with Crippen LogP contribution in [0.25, 0.3) is 0 Å². The van der Waals surface area contributed by atoms with Crippen LogP contribution in [0.3, 0.4) is 0 Å². The lowest BCUT2D eigenvalue weighted by Crippen LogP contribution is -2.10. The van der Waals surface area contributed by atoms with E-state index in [1.165, 1.54) is 0 Å². The van der Waals surface area contributed by atoms with E-state index in [4.69, 9.17) is 11.2 Å². The summed E-state index contributed by atoms with van der Waals surface area (Å²) >= 11 is 0. The largest absolute Gasteiger partial charge is 0.466 e. The predicted molar refractivity (Wildman–Crippen MR) is 50.8 cm³/mol. The molecule has 0 N–H and O–H groups in total. The summed E-state index contributed by atoms with van der Waals surface area (Å²) < 4.78 is 5.07. The zero-order chi connectivity index (χ0) is 9.40. The van der Waals surface area contributed by atoms with Gasteiger partial charge in [0.2, 0.25) is 0 Å². The topological polar surface area (TPSA) is 12.5 Å². The molecule has 0 bridgehead atoms. The Morgan fingerprint density at radius 2 is 2.42 bits per heavy atom. The van der Waals surface area contributed by atoms with Crippen molar-refractivity contribution in [2.75, 3.05) is 6.61 Å². The molecule has 0 aromatic rings. The van der Waals surface area contributed by atoms with Gasteiger partial charge in [-0.2, -0.15) is 0 Å². The van der Waals surface area contributed by atoms with Crippen LogP contribution in [0.5, 0.6) is 0 Å². The summed E-state index contributed by atoms with van der Waals surface area (Å²) in [6.07, 6.45) is 10.2. The van der Waals surface area contributed by atoms with Crippen molar-refractivity contribution in [2.24, 2.45) is 0 Å². The molecule has 2 nitrogen and oxygen atoms in total. The number of hydrogen-bond donors (Lipinski definition) is 0. The first-order valence-corrected chi connectivity index (χ1v) is 3.55. The monoisotopic (exact) mass is 163 g/mol. The van der Waals surface area contributed by atoms with Gasteiger partial charge in [-0.05, 0) is 13.5 Å². The summed E-state index contributed by atoms with van der Waals surface area (Å²) in [4.78, 5) is 1.65. The SMILES string of the molecule is C#CCOC(=C)N(C=C)/C=C\C. The third kappa shape index (κ3) is 3.52. The molecule has 0 radical (unpaired) electrons. The highest BCUT2D eigenvalue weighted by Gasteiger charge is 1.98. The van der Waals surface area contributed by atoms with E-state index in [1.54, 1.807) is 17.3 Å². The minimum Gasteiger partial charge on any atom is -0.466 e. The number of rotatable bonds is 5. The normalized spacial score (nSPS) is 9.00. The van der Waals surface area contributed by atoms with E-state index in [-0.39, 0.29) is 6.61 Å². The summed E-state index contributed by atoms with van der Waals surface area (Å²) in [6, 6.07) is 0. The molecule has 0 amide bonds. The molecule has 0 spiro atoms. The van der Waals surface area contributed by atoms with Crippen molar-refractivity contribution >= 4 is 0 Å². The fourth-order valence-electron chi connectivity index (χ4n) is 0.606. The van der Waals surface area contributed by atoms with Gasteiger partial charge in [0.1, 0.15) is 6.61 Å². The van der Waals surface area contributed by atoms with Gasteiger partial charge in [0, 0.05) is 12.4 Å². The van der Waals surface area contributed by atoms with Crippen LogP contribution in [0.2, 0.25) is 0 Å². The van der Waals surface area contributed by atoms with Gasteiger partial charge in [-0.25, -0.2) is 0 Å². The van der Waals surface area contributed by atoms with Crippen LogP contribution < -0.4 is 0 Å². The van der Waals surface area contributed by atoms with Gasteiger partial charge in [-0.15, -0.1) is 6.42 Å². The average molecular weight is 163 g/mol. The van der Waals surface area contributed by atoms with Crippen molar-refractivity contribution in [3.8, 4) is 12.3 Å². The molecule has 0 aromatic carbocycles. The van der Waals surface area contributed by atoms with Gasteiger partial charge in [0.15, 0.2) is 5.88 Å². The van der Waals surface area contributed by atoms with E-state index < -0.39 is 0 Å². The van der Waals surface area contributed by atoms with E-state index in [0.717, 1.165) is 0 Å². The molecule has 0 heterocycles. The van der Waals surface area contributed by atoms with Crippen molar-refractivity contribution in [2.45, 2.75) is 6.92 Å². The van der Waals surface area contributed by atoms with Crippen molar-refractivity contribution < 1.29 is 4.74 Å². The summed E-state index contributed by atoms with van der Waals surface area (Å²) in [5.74, 6) is 2.82. The summed E-state index contributed by atoms with van der Waals surface area (Å²) in [5, 5.41) is 0. The van der Waals surface area contributed by atoms with Gasteiger partial charge >= 0.3 is 0 Å².